The highest BCUT2D eigenvalue weighted by molar-refractivity contribution is 5.48. The fourth-order valence-electron chi connectivity index (χ4n) is 0.515. The fraction of sp³-hybridized carbons (Fsp3) is 0.833. The molecular weight excluding hydrogens is 118 g/mol. The second kappa shape index (κ2) is 5.72. The molecule has 0 aromatic carbocycles. The molecule has 0 aliphatic rings. The zero-order valence-corrected chi connectivity index (χ0v) is 5.71. The van der Waals surface area contributed by atoms with Crippen LogP contribution in [0.25, 0.3) is 0 Å². The lowest BCUT2D eigenvalue weighted by Gasteiger charge is -2.10. The molecule has 0 rings (SSSR count). The number of carbonyl (C=O) groups is 1. The molecule has 0 atom stereocenters. The number of rotatable bonds is 5. The van der Waals surface area contributed by atoms with Crippen LogP contribution in [0, 0.1) is 0 Å². The molecule has 0 spiro atoms. The van der Waals surface area contributed by atoms with E-state index in [-0.39, 0.29) is 6.73 Å². The van der Waals surface area contributed by atoms with Crippen molar-refractivity contribution in [3.8, 4) is 0 Å². The van der Waals surface area contributed by atoms with Crippen LogP contribution in [-0.4, -0.2) is 36.6 Å². The van der Waals surface area contributed by atoms with Crippen LogP contribution in [0.1, 0.15) is 12.8 Å². The van der Waals surface area contributed by atoms with E-state index in [1.165, 1.54) is 0 Å². The lowest BCUT2D eigenvalue weighted by molar-refractivity contribution is -0.108. The average molecular weight is 131 g/mol. The molecule has 0 amide bonds. The van der Waals surface area contributed by atoms with Crippen molar-refractivity contribution in [3.63, 3.8) is 0 Å². The summed E-state index contributed by atoms with van der Waals surface area (Å²) in [5.41, 5.74) is 0. The third kappa shape index (κ3) is 5.46. The van der Waals surface area contributed by atoms with Gasteiger partial charge in [0.2, 0.25) is 0 Å². The van der Waals surface area contributed by atoms with Gasteiger partial charge in [-0.15, -0.1) is 0 Å². The van der Waals surface area contributed by atoms with Gasteiger partial charge < -0.3 is 9.90 Å². The predicted molar refractivity (Wildman–Crippen MR) is 35.0 cm³/mol. The van der Waals surface area contributed by atoms with Gasteiger partial charge in [-0.1, -0.05) is 0 Å². The van der Waals surface area contributed by atoms with Crippen LogP contribution in [0.4, 0.5) is 0 Å². The van der Waals surface area contributed by atoms with Crippen LogP contribution in [-0.2, 0) is 4.79 Å². The number of aliphatic hydroxyl groups excluding tert-OH is 1. The normalized spacial score (nSPS) is 10.1. The van der Waals surface area contributed by atoms with E-state index in [1.807, 2.05) is 7.05 Å². The molecule has 0 fully saturated rings. The van der Waals surface area contributed by atoms with Gasteiger partial charge in [-0.05, 0) is 13.5 Å². The molecule has 3 nitrogen and oxygen atoms in total. The van der Waals surface area contributed by atoms with E-state index in [0.29, 0.717) is 6.42 Å². The first-order valence-electron chi connectivity index (χ1n) is 3.04. The Labute approximate surface area is 55.3 Å². The van der Waals surface area contributed by atoms with Gasteiger partial charge in [0.15, 0.2) is 0 Å². The monoisotopic (exact) mass is 131 g/mol. The van der Waals surface area contributed by atoms with Crippen molar-refractivity contribution in [1.29, 1.82) is 0 Å². The Morgan fingerprint density at radius 2 is 2.33 bits per heavy atom. The standard InChI is InChI=1S/C6H13NO2/c1-7(6-9)4-2-3-5-8/h5,9H,2-4,6H2,1H3. The van der Waals surface area contributed by atoms with Gasteiger partial charge in [-0.2, -0.15) is 0 Å². The van der Waals surface area contributed by atoms with E-state index in [2.05, 4.69) is 0 Å². The quantitative estimate of drug-likeness (QED) is 0.320. The summed E-state index contributed by atoms with van der Waals surface area (Å²) in [6.45, 7) is 0.855. The number of nitrogens with zero attached hydrogens (tertiary/aromatic N) is 1. The lowest BCUT2D eigenvalue weighted by Crippen LogP contribution is -2.20. The van der Waals surface area contributed by atoms with Gasteiger partial charge in [0, 0.05) is 13.0 Å². The van der Waals surface area contributed by atoms with Crippen molar-refractivity contribution in [2.75, 3.05) is 20.3 Å². The zero-order valence-electron chi connectivity index (χ0n) is 5.71. The highest BCUT2D eigenvalue weighted by atomic mass is 16.3. The van der Waals surface area contributed by atoms with E-state index >= 15 is 0 Å². The zero-order chi connectivity index (χ0) is 7.11. The predicted octanol–water partition coefficient (Wildman–Crippen LogP) is -0.153. The van der Waals surface area contributed by atoms with Crippen LogP contribution < -0.4 is 0 Å². The number of aldehydes is 1. The Morgan fingerprint density at radius 1 is 1.67 bits per heavy atom. The molecule has 54 valence electrons. The summed E-state index contributed by atoms with van der Waals surface area (Å²) in [5.74, 6) is 0. The molecule has 0 aliphatic heterocycles. The van der Waals surface area contributed by atoms with Crippen LogP contribution in [0.3, 0.4) is 0 Å². The third-order valence-electron chi connectivity index (χ3n) is 1.10. The van der Waals surface area contributed by atoms with Crippen molar-refractivity contribution in [1.82, 2.24) is 4.90 Å². The lowest BCUT2D eigenvalue weighted by atomic mass is 10.3. The molecule has 0 aliphatic carbocycles. The number of unbranched alkanes of at least 4 members (excludes halogenated alkanes) is 1. The molecule has 0 saturated carbocycles. The van der Waals surface area contributed by atoms with Crippen LogP contribution in [0.5, 0.6) is 0 Å². The van der Waals surface area contributed by atoms with E-state index in [9.17, 15) is 4.79 Å². The van der Waals surface area contributed by atoms with Crippen molar-refractivity contribution in [2.24, 2.45) is 0 Å². The maximum Gasteiger partial charge on any atom is 0.120 e. The average Bonchev–Trinajstić information content (AvgIpc) is 1.89. The summed E-state index contributed by atoms with van der Waals surface area (Å²) in [6.07, 6.45) is 2.32. The molecule has 1 N–H and O–H groups in total. The third-order valence-corrected chi connectivity index (χ3v) is 1.10. The maximum absolute atomic E-state index is 9.79. The van der Waals surface area contributed by atoms with Crippen LogP contribution >= 0.6 is 0 Å². The van der Waals surface area contributed by atoms with Gasteiger partial charge >= 0.3 is 0 Å². The largest absolute Gasteiger partial charge is 0.381 e. The molecule has 0 saturated heterocycles. The summed E-state index contributed by atoms with van der Waals surface area (Å²) >= 11 is 0. The van der Waals surface area contributed by atoms with E-state index < -0.39 is 0 Å². The number of hydrogen-bond donors (Lipinski definition) is 1. The van der Waals surface area contributed by atoms with Crippen LogP contribution in [0.2, 0.25) is 0 Å². The van der Waals surface area contributed by atoms with E-state index in [1.54, 1.807) is 4.90 Å². The Morgan fingerprint density at radius 3 is 2.78 bits per heavy atom. The number of hydrogen-bond acceptors (Lipinski definition) is 3. The summed E-state index contributed by atoms with van der Waals surface area (Å²) in [5, 5.41) is 8.47. The highest BCUT2D eigenvalue weighted by Gasteiger charge is 1.92. The van der Waals surface area contributed by atoms with Gasteiger partial charge in [0.1, 0.15) is 6.29 Å². The molecule has 0 heterocycles. The second-order valence-electron chi connectivity index (χ2n) is 2.03. The van der Waals surface area contributed by atoms with Crippen molar-refractivity contribution in [2.45, 2.75) is 12.8 Å². The van der Waals surface area contributed by atoms with E-state index in [0.717, 1.165) is 19.3 Å². The van der Waals surface area contributed by atoms with Crippen molar-refractivity contribution < 1.29 is 9.90 Å². The fourth-order valence-corrected chi connectivity index (χ4v) is 0.515. The summed E-state index contributed by atoms with van der Waals surface area (Å²) < 4.78 is 0. The molecule has 9 heavy (non-hydrogen) atoms. The maximum atomic E-state index is 9.79. The Balaban J connectivity index is 2.96. The molecule has 0 aromatic rings. The van der Waals surface area contributed by atoms with E-state index in [4.69, 9.17) is 5.11 Å². The summed E-state index contributed by atoms with van der Waals surface area (Å²) in [6, 6.07) is 0. The molecular formula is C6H13NO2. The molecule has 3 heteroatoms. The minimum absolute atomic E-state index is 0.0683. The van der Waals surface area contributed by atoms with Gasteiger partial charge in [-0.25, -0.2) is 0 Å². The molecule has 0 radical (unpaired) electrons. The van der Waals surface area contributed by atoms with Crippen molar-refractivity contribution in [3.05, 3.63) is 0 Å². The first kappa shape index (κ1) is 8.59. The highest BCUT2D eigenvalue weighted by Crippen LogP contribution is 1.87. The van der Waals surface area contributed by atoms with Crippen LogP contribution in [0.15, 0.2) is 0 Å². The van der Waals surface area contributed by atoms with Crippen molar-refractivity contribution >= 4 is 6.29 Å². The first-order valence-corrected chi connectivity index (χ1v) is 3.04. The Kier molecular flexibility index (Phi) is 5.46. The molecule has 0 unspecified atom stereocenters. The van der Waals surface area contributed by atoms with Gasteiger partial charge in [0.05, 0.1) is 6.73 Å². The Bertz CT molecular complexity index is 75.5. The number of carbonyl (C=O) groups excluding carboxylic acids is 1. The Hall–Kier alpha value is -0.410. The first-order chi connectivity index (χ1) is 4.31. The van der Waals surface area contributed by atoms with Gasteiger partial charge in [0.25, 0.3) is 0 Å². The second-order valence-corrected chi connectivity index (χ2v) is 2.03. The minimum atomic E-state index is 0.0683. The number of aliphatic hydroxyl groups is 1. The minimum Gasteiger partial charge on any atom is -0.381 e. The SMILES string of the molecule is CN(CO)CCCC=O. The topological polar surface area (TPSA) is 40.5 Å². The molecule has 0 bridgehead atoms. The smallest absolute Gasteiger partial charge is 0.120 e. The molecule has 0 aromatic heterocycles. The van der Waals surface area contributed by atoms with Gasteiger partial charge in [-0.3, -0.25) is 4.90 Å². The summed E-state index contributed by atoms with van der Waals surface area (Å²) in [7, 11) is 1.81. The summed E-state index contributed by atoms with van der Waals surface area (Å²) in [4.78, 5) is 11.5.